The average molecular weight is 373 g/mol. The van der Waals surface area contributed by atoms with Crippen LogP contribution in [0.25, 0.3) is 0 Å². The maximum atomic E-state index is 12.7. The third kappa shape index (κ3) is 3.73. The van der Waals surface area contributed by atoms with Gasteiger partial charge in [0.2, 0.25) is 5.91 Å². The molecule has 1 saturated carbocycles. The Kier molecular flexibility index (Phi) is 5.57. The van der Waals surface area contributed by atoms with Gasteiger partial charge in [0.15, 0.2) is 0 Å². The van der Waals surface area contributed by atoms with E-state index in [2.05, 4.69) is 4.98 Å². The van der Waals surface area contributed by atoms with E-state index in [9.17, 15) is 9.59 Å². The van der Waals surface area contributed by atoms with Crippen LogP contribution < -0.4 is 4.90 Å². The van der Waals surface area contributed by atoms with Crippen molar-refractivity contribution in [3.8, 4) is 0 Å². The molecule has 2 unspecified atom stereocenters. The lowest BCUT2D eigenvalue weighted by atomic mass is 9.92. The first kappa shape index (κ1) is 18.4. The normalized spacial score (nSPS) is 19.3. The van der Waals surface area contributed by atoms with E-state index in [0.29, 0.717) is 17.3 Å². The fraction of sp³-hybridized carbons (Fsp3) is 0.350. The number of amides is 1. The number of anilines is 1. The monoisotopic (exact) mass is 372 g/mol. The van der Waals surface area contributed by atoms with Crippen molar-refractivity contribution in [2.24, 2.45) is 0 Å². The molecule has 6 heteroatoms. The molecule has 1 N–H and O–H groups in total. The number of carbonyl (C=O) groups is 2. The van der Waals surface area contributed by atoms with Gasteiger partial charge >= 0.3 is 5.97 Å². The van der Waals surface area contributed by atoms with E-state index in [4.69, 9.17) is 16.7 Å². The Hall–Kier alpha value is -2.40. The predicted octanol–water partition coefficient (Wildman–Crippen LogP) is 4.51. The molecule has 0 aliphatic heterocycles. The van der Waals surface area contributed by atoms with E-state index in [1.54, 1.807) is 11.0 Å². The lowest BCUT2D eigenvalue weighted by molar-refractivity contribution is -0.118. The fourth-order valence-electron chi connectivity index (χ4n) is 3.66. The lowest BCUT2D eigenvalue weighted by Gasteiger charge is -2.32. The third-order valence-electron chi connectivity index (χ3n) is 4.92. The Morgan fingerprint density at radius 3 is 2.50 bits per heavy atom. The van der Waals surface area contributed by atoms with Crippen LogP contribution in [0.2, 0.25) is 5.02 Å². The van der Waals surface area contributed by atoms with Gasteiger partial charge in [-0.1, -0.05) is 37.1 Å². The number of hydrogen-bond acceptors (Lipinski definition) is 3. The van der Waals surface area contributed by atoms with E-state index in [0.717, 1.165) is 24.8 Å². The molecule has 2 atom stereocenters. The molecule has 1 aliphatic rings. The summed E-state index contributed by atoms with van der Waals surface area (Å²) >= 11 is 6.00. The summed E-state index contributed by atoms with van der Waals surface area (Å²) in [7, 11) is 0. The second-order valence-electron chi connectivity index (χ2n) is 6.48. The Labute approximate surface area is 157 Å². The molecule has 1 fully saturated rings. The van der Waals surface area contributed by atoms with E-state index >= 15 is 0 Å². The minimum Gasteiger partial charge on any atom is -0.478 e. The van der Waals surface area contributed by atoms with Crippen LogP contribution in [0.5, 0.6) is 0 Å². The van der Waals surface area contributed by atoms with Gasteiger partial charge in [-0.2, -0.15) is 0 Å². The van der Waals surface area contributed by atoms with E-state index in [1.807, 2.05) is 31.2 Å². The summed E-state index contributed by atoms with van der Waals surface area (Å²) in [6, 6.07) is 10.9. The van der Waals surface area contributed by atoms with Gasteiger partial charge in [-0.15, -0.1) is 0 Å². The molecule has 3 rings (SSSR count). The van der Waals surface area contributed by atoms with Gasteiger partial charge in [0.1, 0.15) is 5.82 Å². The van der Waals surface area contributed by atoms with Crippen molar-refractivity contribution < 1.29 is 14.7 Å². The number of aromatic carboxylic acids is 1. The molecular formula is C20H21ClN2O3. The largest absolute Gasteiger partial charge is 0.478 e. The summed E-state index contributed by atoms with van der Waals surface area (Å²) in [6.07, 6.45) is 4.58. The summed E-state index contributed by atoms with van der Waals surface area (Å²) in [4.78, 5) is 29.8. The highest BCUT2D eigenvalue weighted by atomic mass is 35.5. The summed E-state index contributed by atoms with van der Waals surface area (Å²) in [5.41, 5.74) is 1.27. The molecule has 5 nitrogen and oxygen atoms in total. The zero-order valence-electron chi connectivity index (χ0n) is 14.6. The number of nitrogens with zero attached hydrogens (tertiary/aromatic N) is 2. The Morgan fingerprint density at radius 1 is 1.19 bits per heavy atom. The molecule has 1 aromatic carbocycles. The van der Waals surface area contributed by atoms with Crippen molar-refractivity contribution in [3.63, 3.8) is 0 Å². The Balaban J connectivity index is 1.94. The second-order valence-corrected chi connectivity index (χ2v) is 6.92. The number of carboxylic acid groups (broad SMARTS) is 1. The number of carboxylic acids is 1. The molecule has 2 aromatic rings. The molecule has 1 aromatic heterocycles. The first-order valence-electron chi connectivity index (χ1n) is 8.78. The standard InChI is InChI=1S/C20H21ClN2O3/c1-2-19(24)23(18-11-8-14(12-22-18)20(25)26)17-5-3-4-16(17)13-6-9-15(21)10-7-13/h6-12,16-17H,2-5H2,1H3,(H,25,26). The summed E-state index contributed by atoms with van der Waals surface area (Å²) < 4.78 is 0. The van der Waals surface area contributed by atoms with Gasteiger partial charge in [-0.25, -0.2) is 9.78 Å². The third-order valence-corrected chi connectivity index (χ3v) is 5.17. The fourth-order valence-corrected chi connectivity index (χ4v) is 3.78. The zero-order chi connectivity index (χ0) is 18.7. The number of pyridine rings is 1. The maximum absolute atomic E-state index is 12.7. The molecule has 136 valence electrons. The number of aromatic nitrogens is 1. The van der Waals surface area contributed by atoms with Crippen molar-refractivity contribution in [1.29, 1.82) is 0 Å². The second kappa shape index (κ2) is 7.87. The molecule has 0 saturated heterocycles. The number of benzene rings is 1. The van der Waals surface area contributed by atoms with Crippen LogP contribution in [0, 0.1) is 0 Å². The van der Waals surface area contributed by atoms with Gasteiger partial charge in [-0.05, 0) is 42.7 Å². The molecule has 1 heterocycles. The highest BCUT2D eigenvalue weighted by Gasteiger charge is 2.36. The smallest absolute Gasteiger partial charge is 0.337 e. The topological polar surface area (TPSA) is 70.5 Å². The summed E-state index contributed by atoms with van der Waals surface area (Å²) in [6.45, 7) is 1.83. The summed E-state index contributed by atoms with van der Waals surface area (Å²) in [5.74, 6) is -0.319. The van der Waals surface area contributed by atoms with Gasteiger partial charge in [0, 0.05) is 29.6 Å². The minimum atomic E-state index is -1.03. The van der Waals surface area contributed by atoms with Gasteiger partial charge in [0.05, 0.1) is 5.56 Å². The molecule has 1 amide bonds. The molecule has 0 spiro atoms. The highest BCUT2D eigenvalue weighted by Crippen LogP contribution is 2.39. The number of hydrogen-bond donors (Lipinski definition) is 1. The highest BCUT2D eigenvalue weighted by molar-refractivity contribution is 6.30. The molecular weight excluding hydrogens is 352 g/mol. The van der Waals surface area contributed by atoms with Crippen LogP contribution in [0.3, 0.4) is 0 Å². The van der Waals surface area contributed by atoms with Crippen LogP contribution in [0.1, 0.15) is 54.4 Å². The zero-order valence-corrected chi connectivity index (χ0v) is 15.3. The van der Waals surface area contributed by atoms with Gasteiger partial charge < -0.3 is 5.11 Å². The summed E-state index contributed by atoms with van der Waals surface area (Å²) in [5, 5.41) is 9.75. The van der Waals surface area contributed by atoms with E-state index < -0.39 is 5.97 Å². The van der Waals surface area contributed by atoms with Crippen LogP contribution in [-0.4, -0.2) is 28.0 Å². The first-order valence-corrected chi connectivity index (χ1v) is 9.16. The van der Waals surface area contributed by atoms with Crippen molar-refractivity contribution in [3.05, 3.63) is 58.7 Å². The predicted molar refractivity (Wildman–Crippen MR) is 101 cm³/mol. The van der Waals surface area contributed by atoms with Crippen molar-refractivity contribution in [2.75, 3.05) is 4.90 Å². The number of halogens is 1. The van der Waals surface area contributed by atoms with Crippen molar-refractivity contribution >= 4 is 29.3 Å². The molecule has 0 radical (unpaired) electrons. The SMILES string of the molecule is CCC(=O)N(c1ccc(C(=O)O)cn1)C1CCCC1c1ccc(Cl)cc1. The van der Waals surface area contributed by atoms with Crippen LogP contribution in [0.15, 0.2) is 42.6 Å². The van der Waals surface area contributed by atoms with Crippen LogP contribution in [0.4, 0.5) is 5.82 Å². The van der Waals surface area contributed by atoms with Gasteiger partial charge in [-0.3, -0.25) is 9.69 Å². The van der Waals surface area contributed by atoms with Gasteiger partial charge in [0.25, 0.3) is 0 Å². The molecule has 26 heavy (non-hydrogen) atoms. The molecule has 0 bridgehead atoms. The molecule has 1 aliphatic carbocycles. The maximum Gasteiger partial charge on any atom is 0.337 e. The minimum absolute atomic E-state index is 0.00630. The van der Waals surface area contributed by atoms with Crippen LogP contribution >= 0.6 is 11.6 Å². The lowest BCUT2D eigenvalue weighted by Crippen LogP contribution is -2.42. The number of carbonyl (C=O) groups excluding carboxylic acids is 1. The first-order chi connectivity index (χ1) is 12.5. The number of rotatable bonds is 5. The Morgan fingerprint density at radius 2 is 1.92 bits per heavy atom. The van der Waals surface area contributed by atoms with Crippen molar-refractivity contribution in [2.45, 2.75) is 44.6 Å². The quantitative estimate of drug-likeness (QED) is 0.838. The average Bonchev–Trinajstić information content (AvgIpc) is 3.12. The Bertz CT molecular complexity index is 790. The van der Waals surface area contributed by atoms with Crippen LogP contribution in [-0.2, 0) is 4.79 Å². The van der Waals surface area contributed by atoms with Crippen molar-refractivity contribution in [1.82, 2.24) is 4.98 Å². The van der Waals surface area contributed by atoms with E-state index in [1.165, 1.54) is 12.3 Å². The van der Waals surface area contributed by atoms with E-state index in [-0.39, 0.29) is 23.4 Å².